The van der Waals surface area contributed by atoms with Gasteiger partial charge in [0, 0.05) is 25.7 Å². The first-order valence-electron chi connectivity index (χ1n) is 4.66. The highest BCUT2D eigenvalue weighted by molar-refractivity contribution is 6.42. The van der Waals surface area contributed by atoms with Gasteiger partial charge in [0.2, 0.25) is 0 Å². The van der Waals surface area contributed by atoms with Crippen molar-refractivity contribution < 1.29 is 0 Å². The first-order chi connectivity index (χ1) is 6.77. The molecule has 0 aliphatic carbocycles. The Morgan fingerprint density at radius 3 is 2.53 bits per heavy atom. The van der Waals surface area contributed by atoms with Gasteiger partial charge in [-0.05, 0) is 17.7 Å². The largest absolute Gasteiger partial charge is 0.314 e. The minimum atomic E-state index is 0. The molecule has 0 saturated carbocycles. The zero-order chi connectivity index (χ0) is 9.97. The molecule has 5 heteroatoms. The van der Waals surface area contributed by atoms with Crippen molar-refractivity contribution in [2.75, 3.05) is 19.6 Å². The summed E-state index contributed by atoms with van der Waals surface area (Å²) in [6, 6.07) is 6.13. The lowest BCUT2D eigenvalue weighted by molar-refractivity contribution is 0.430. The molecule has 0 aromatic heterocycles. The van der Waals surface area contributed by atoms with Crippen LogP contribution in [-0.2, 0) is 0 Å². The van der Waals surface area contributed by atoms with E-state index in [1.165, 1.54) is 5.56 Å². The molecule has 1 fully saturated rings. The van der Waals surface area contributed by atoms with E-state index in [1.807, 2.05) is 18.2 Å². The number of benzene rings is 1. The molecule has 2 nitrogen and oxygen atoms in total. The average Bonchev–Trinajstić information content (AvgIpc) is 2.23. The van der Waals surface area contributed by atoms with Crippen LogP contribution in [0.5, 0.6) is 0 Å². The van der Waals surface area contributed by atoms with Crippen LogP contribution in [-0.4, -0.2) is 19.6 Å². The molecule has 2 N–H and O–H groups in total. The van der Waals surface area contributed by atoms with Crippen LogP contribution >= 0.6 is 35.6 Å². The SMILES string of the molecule is Cl.Clc1ccc([C@@H]2CNCCN2)cc1Cl. The predicted molar refractivity (Wildman–Crippen MR) is 67.3 cm³/mol. The molecular formula is C10H13Cl3N2. The summed E-state index contributed by atoms with van der Waals surface area (Å²) in [5.41, 5.74) is 1.19. The zero-order valence-corrected chi connectivity index (χ0v) is 10.4. The predicted octanol–water partition coefficient (Wildman–Crippen LogP) is 2.65. The molecule has 2 rings (SSSR count). The Hall–Kier alpha value is 0.01000. The number of piperazine rings is 1. The van der Waals surface area contributed by atoms with Crippen molar-refractivity contribution in [2.45, 2.75) is 6.04 Å². The van der Waals surface area contributed by atoms with Crippen molar-refractivity contribution >= 4 is 35.6 Å². The molecular weight excluding hydrogens is 254 g/mol. The Labute approximate surface area is 106 Å². The van der Waals surface area contributed by atoms with E-state index in [4.69, 9.17) is 23.2 Å². The number of rotatable bonds is 1. The van der Waals surface area contributed by atoms with E-state index in [1.54, 1.807) is 0 Å². The summed E-state index contributed by atoms with van der Waals surface area (Å²) in [6.07, 6.45) is 0. The minimum Gasteiger partial charge on any atom is -0.314 e. The Bertz CT molecular complexity index is 324. The maximum absolute atomic E-state index is 5.95. The summed E-state index contributed by atoms with van der Waals surface area (Å²) in [5.74, 6) is 0. The van der Waals surface area contributed by atoms with Crippen LogP contribution in [0.1, 0.15) is 11.6 Å². The maximum atomic E-state index is 5.95. The van der Waals surface area contributed by atoms with Crippen molar-refractivity contribution in [1.29, 1.82) is 0 Å². The van der Waals surface area contributed by atoms with E-state index in [-0.39, 0.29) is 12.4 Å². The molecule has 15 heavy (non-hydrogen) atoms. The fraction of sp³-hybridized carbons (Fsp3) is 0.400. The number of hydrogen-bond acceptors (Lipinski definition) is 2. The van der Waals surface area contributed by atoms with Crippen LogP contribution in [0.2, 0.25) is 10.0 Å². The summed E-state index contributed by atoms with van der Waals surface area (Å²) in [7, 11) is 0. The molecule has 0 radical (unpaired) electrons. The molecule has 1 aliphatic heterocycles. The van der Waals surface area contributed by atoms with Crippen LogP contribution in [0.15, 0.2) is 18.2 Å². The van der Waals surface area contributed by atoms with Crippen LogP contribution in [0.4, 0.5) is 0 Å². The summed E-state index contributed by atoms with van der Waals surface area (Å²) >= 11 is 11.8. The smallest absolute Gasteiger partial charge is 0.0595 e. The van der Waals surface area contributed by atoms with E-state index in [9.17, 15) is 0 Å². The highest BCUT2D eigenvalue weighted by atomic mass is 35.5. The quantitative estimate of drug-likeness (QED) is 0.817. The minimum absolute atomic E-state index is 0. The van der Waals surface area contributed by atoms with Gasteiger partial charge in [-0.25, -0.2) is 0 Å². The molecule has 0 bridgehead atoms. The fourth-order valence-electron chi connectivity index (χ4n) is 1.62. The third-order valence-corrected chi connectivity index (χ3v) is 3.13. The summed E-state index contributed by atoms with van der Waals surface area (Å²) in [5, 5.41) is 7.98. The average molecular weight is 268 g/mol. The molecule has 1 atom stereocenters. The van der Waals surface area contributed by atoms with Crippen molar-refractivity contribution in [3.63, 3.8) is 0 Å². The topological polar surface area (TPSA) is 24.1 Å². The number of nitrogens with one attached hydrogen (secondary N) is 2. The molecule has 1 aromatic carbocycles. The molecule has 1 aliphatic rings. The zero-order valence-electron chi connectivity index (χ0n) is 8.09. The highest BCUT2D eigenvalue weighted by Crippen LogP contribution is 2.25. The van der Waals surface area contributed by atoms with Gasteiger partial charge in [-0.15, -0.1) is 12.4 Å². The van der Waals surface area contributed by atoms with Crippen molar-refractivity contribution in [1.82, 2.24) is 10.6 Å². The van der Waals surface area contributed by atoms with E-state index < -0.39 is 0 Å². The molecule has 84 valence electrons. The number of halogens is 3. The van der Waals surface area contributed by atoms with Gasteiger partial charge >= 0.3 is 0 Å². The lowest BCUT2D eigenvalue weighted by Gasteiger charge is -2.25. The second kappa shape index (κ2) is 5.92. The van der Waals surface area contributed by atoms with Gasteiger partial charge in [-0.2, -0.15) is 0 Å². The normalized spacial score (nSPS) is 20.8. The standard InChI is InChI=1S/C10H12Cl2N2.ClH/c11-8-2-1-7(5-9(8)12)10-6-13-3-4-14-10;/h1-2,5,10,13-14H,3-4,6H2;1H/t10-;/m0./s1. The Morgan fingerprint density at radius 1 is 1.13 bits per heavy atom. The van der Waals surface area contributed by atoms with Gasteiger partial charge in [0.05, 0.1) is 10.0 Å². The molecule has 0 spiro atoms. The van der Waals surface area contributed by atoms with E-state index in [0.717, 1.165) is 19.6 Å². The molecule has 0 unspecified atom stereocenters. The second-order valence-electron chi connectivity index (χ2n) is 3.38. The first-order valence-corrected chi connectivity index (χ1v) is 5.42. The van der Waals surface area contributed by atoms with Gasteiger partial charge in [0.1, 0.15) is 0 Å². The van der Waals surface area contributed by atoms with Gasteiger partial charge in [0.15, 0.2) is 0 Å². The summed E-state index contributed by atoms with van der Waals surface area (Å²) in [6.45, 7) is 2.96. The van der Waals surface area contributed by atoms with Crippen LogP contribution in [0.3, 0.4) is 0 Å². The summed E-state index contributed by atoms with van der Waals surface area (Å²) < 4.78 is 0. The van der Waals surface area contributed by atoms with Gasteiger partial charge in [-0.3, -0.25) is 0 Å². The summed E-state index contributed by atoms with van der Waals surface area (Å²) in [4.78, 5) is 0. The van der Waals surface area contributed by atoms with Crippen molar-refractivity contribution in [3.05, 3.63) is 33.8 Å². The third kappa shape index (κ3) is 3.23. The lowest BCUT2D eigenvalue weighted by atomic mass is 10.1. The lowest BCUT2D eigenvalue weighted by Crippen LogP contribution is -2.42. The maximum Gasteiger partial charge on any atom is 0.0595 e. The van der Waals surface area contributed by atoms with E-state index in [0.29, 0.717) is 16.1 Å². The molecule has 1 saturated heterocycles. The van der Waals surface area contributed by atoms with Crippen molar-refractivity contribution in [3.8, 4) is 0 Å². The van der Waals surface area contributed by atoms with E-state index >= 15 is 0 Å². The van der Waals surface area contributed by atoms with Crippen LogP contribution in [0.25, 0.3) is 0 Å². The van der Waals surface area contributed by atoms with Crippen LogP contribution in [0, 0.1) is 0 Å². The fourth-order valence-corrected chi connectivity index (χ4v) is 1.92. The van der Waals surface area contributed by atoms with Crippen molar-refractivity contribution in [2.24, 2.45) is 0 Å². The number of hydrogen-bond donors (Lipinski definition) is 2. The second-order valence-corrected chi connectivity index (χ2v) is 4.20. The molecule has 1 aromatic rings. The van der Waals surface area contributed by atoms with Gasteiger partial charge in [-0.1, -0.05) is 29.3 Å². The van der Waals surface area contributed by atoms with Gasteiger partial charge < -0.3 is 10.6 Å². The van der Waals surface area contributed by atoms with Gasteiger partial charge in [0.25, 0.3) is 0 Å². The van der Waals surface area contributed by atoms with Crippen LogP contribution < -0.4 is 10.6 Å². The monoisotopic (exact) mass is 266 g/mol. The Morgan fingerprint density at radius 2 is 1.93 bits per heavy atom. The third-order valence-electron chi connectivity index (χ3n) is 2.39. The molecule has 0 amide bonds. The molecule has 1 heterocycles. The van der Waals surface area contributed by atoms with E-state index in [2.05, 4.69) is 10.6 Å². The first kappa shape index (κ1) is 13.1. The highest BCUT2D eigenvalue weighted by Gasteiger charge is 2.14. The Balaban J connectivity index is 0.00000112. The Kier molecular flexibility index (Phi) is 5.16.